The molecule has 0 aliphatic heterocycles. The van der Waals surface area contributed by atoms with E-state index in [1.165, 1.54) is 0 Å². The fourth-order valence-corrected chi connectivity index (χ4v) is 1.16. The summed E-state index contributed by atoms with van der Waals surface area (Å²) in [4.78, 5) is 16.5. The minimum atomic E-state index is 0.431. The molecule has 0 fully saturated rings. The van der Waals surface area contributed by atoms with Crippen molar-refractivity contribution in [2.45, 2.75) is 13.8 Å². The molecular formula is C11H14N2O2. The molecule has 0 amide bonds. The van der Waals surface area contributed by atoms with Gasteiger partial charge in [0, 0.05) is 11.9 Å². The molecule has 15 heavy (non-hydrogen) atoms. The number of pyridine rings is 1. The van der Waals surface area contributed by atoms with Crippen LogP contribution >= 0.6 is 0 Å². The number of carbonyl (C=O) groups excluding carboxylic acids is 1. The lowest BCUT2D eigenvalue weighted by molar-refractivity contribution is -0.128. The number of rotatable bonds is 2. The van der Waals surface area contributed by atoms with Crippen LogP contribution in [0.3, 0.4) is 0 Å². The molecule has 0 aliphatic rings. The summed E-state index contributed by atoms with van der Waals surface area (Å²) in [6.45, 7) is 4.69. The molecule has 4 nitrogen and oxygen atoms in total. The predicted molar refractivity (Wildman–Crippen MR) is 58.5 cm³/mol. The van der Waals surface area contributed by atoms with Gasteiger partial charge in [0.15, 0.2) is 0 Å². The Kier molecular flexibility index (Phi) is 4.34. The van der Waals surface area contributed by atoms with Gasteiger partial charge in [0.2, 0.25) is 0 Å². The van der Waals surface area contributed by atoms with E-state index in [-0.39, 0.29) is 0 Å². The normalized spacial score (nSPS) is 9.20. The van der Waals surface area contributed by atoms with Crippen LogP contribution in [0.2, 0.25) is 0 Å². The van der Waals surface area contributed by atoms with Gasteiger partial charge in [0.25, 0.3) is 6.47 Å². The zero-order valence-corrected chi connectivity index (χ0v) is 8.86. The Morgan fingerprint density at radius 1 is 1.60 bits per heavy atom. The summed E-state index contributed by atoms with van der Waals surface area (Å²) in [5, 5.41) is 0. The van der Waals surface area contributed by atoms with Crippen LogP contribution in [-0.4, -0.2) is 23.0 Å². The number of nitrogens with zero attached hydrogens (tertiary/aromatic N) is 1. The third-order valence-electron chi connectivity index (χ3n) is 1.76. The summed E-state index contributed by atoms with van der Waals surface area (Å²) in [6.07, 6.45) is 1.80. The second kappa shape index (κ2) is 5.80. The summed E-state index contributed by atoms with van der Waals surface area (Å²) in [7, 11) is 0. The van der Waals surface area contributed by atoms with E-state index in [1.807, 2.05) is 25.1 Å². The molecule has 0 saturated heterocycles. The van der Waals surface area contributed by atoms with Gasteiger partial charge in [-0.3, -0.25) is 9.78 Å². The third-order valence-corrected chi connectivity index (χ3v) is 1.76. The van der Waals surface area contributed by atoms with E-state index in [9.17, 15) is 4.79 Å². The third kappa shape index (κ3) is 3.42. The second-order valence-electron chi connectivity index (χ2n) is 2.94. The van der Waals surface area contributed by atoms with E-state index >= 15 is 0 Å². The lowest BCUT2D eigenvalue weighted by Crippen LogP contribution is -1.80. The number of hydrogen-bond donors (Lipinski definition) is 1. The van der Waals surface area contributed by atoms with E-state index < -0.39 is 0 Å². The highest BCUT2D eigenvalue weighted by Crippen LogP contribution is 2.09. The van der Waals surface area contributed by atoms with E-state index in [2.05, 4.69) is 14.7 Å². The summed E-state index contributed by atoms with van der Waals surface area (Å²) in [5.41, 5.74) is 3.31. The van der Waals surface area contributed by atoms with Crippen LogP contribution < -0.4 is 0 Å². The molecule has 0 spiro atoms. The molecule has 0 aliphatic carbocycles. The number of H-pyrrole nitrogens is 1. The van der Waals surface area contributed by atoms with Crippen LogP contribution in [0.25, 0.3) is 11.0 Å². The van der Waals surface area contributed by atoms with Crippen LogP contribution in [0.15, 0.2) is 24.4 Å². The average Bonchev–Trinajstić information content (AvgIpc) is 2.60. The molecule has 0 bridgehead atoms. The highest BCUT2D eigenvalue weighted by Gasteiger charge is 1.93. The molecule has 4 heteroatoms. The van der Waals surface area contributed by atoms with Crippen molar-refractivity contribution >= 4 is 17.5 Å². The molecule has 2 heterocycles. The maximum Gasteiger partial charge on any atom is 0.293 e. The Hall–Kier alpha value is -1.84. The predicted octanol–water partition coefficient (Wildman–Crippen LogP) is 2.05. The maximum absolute atomic E-state index is 9.18. The summed E-state index contributed by atoms with van der Waals surface area (Å²) >= 11 is 0. The number of ether oxygens (including phenoxy) is 1. The van der Waals surface area contributed by atoms with Crippen LogP contribution in [0, 0.1) is 6.92 Å². The topological polar surface area (TPSA) is 55.0 Å². The van der Waals surface area contributed by atoms with Crippen molar-refractivity contribution in [3.8, 4) is 0 Å². The minimum absolute atomic E-state index is 0.431. The van der Waals surface area contributed by atoms with E-state index in [4.69, 9.17) is 0 Å². The zero-order valence-electron chi connectivity index (χ0n) is 8.86. The van der Waals surface area contributed by atoms with Gasteiger partial charge in [-0.1, -0.05) is 0 Å². The van der Waals surface area contributed by atoms with Crippen molar-refractivity contribution in [1.29, 1.82) is 0 Å². The Morgan fingerprint density at radius 2 is 2.40 bits per heavy atom. The molecule has 0 unspecified atom stereocenters. The summed E-state index contributed by atoms with van der Waals surface area (Å²) in [6, 6.07) is 5.99. The van der Waals surface area contributed by atoms with E-state index in [1.54, 1.807) is 13.1 Å². The molecule has 0 aromatic carbocycles. The van der Waals surface area contributed by atoms with Gasteiger partial charge in [-0.25, -0.2) is 0 Å². The molecular weight excluding hydrogens is 192 g/mol. The summed E-state index contributed by atoms with van der Waals surface area (Å²) in [5.74, 6) is 0. The van der Waals surface area contributed by atoms with Crippen molar-refractivity contribution in [2.75, 3.05) is 6.61 Å². The lowest BCUT2D eigenvalue weighted by Gasteiger charge is -1.83. The highest BCUT2D eigenvalue weighted by molar-refractivity contribution is 5.75. The number of carbonyl (C=O) groups is 1. The zero-order chi connectivity index (χ0) is 11.1. The van der Waals surface area contributed by atoms with Crippen molar-refractivity contribution in [2.24, 2.45) is 0 Å². The Labute approximate surface area is 88.3 Å². The van der Waals surface area contributed by atoms with E-state index in [0.717, 1.165) is 16.7 Å². The molecule has 1 N–H and O–H groups in total. The van der Waals surface area contributed by atoms with Gasteiger partial charge < -0.3 is 9.72 Å². The van der Waals surface area contributed by atoms with Gasteiger partial charge in [0.05, 0.1) is 17.6 Å². The quantitative estimate of drug-likeness (QED) is 0.765. The Balaban J connectivity index is 0.000000195. The number of fused-ring (bicyclic) bond motifs is 1. The summed E-state index contributed by atoms with van der Waals surface area (Å²) < 4.78 is 4.15. The van der Waals surface area contributed by atoms with Crippen LogP contribution in [-0.2, 0) is 9.53 Å². The molecule has 0 radical (unpaired) electrons. The van der Waals surface area contributed by atoms with Crippen molar-refractivity contribution in [3.05, 3.63) is 30.1 Å². The smallest absolute Gasteiger partial charge is 0.293 e. The fourth-order valence-electron chi connectivity index (χ4n) is 1.16. The first kappa shape index (κ1) is 11.2. The van der Waals surface area contributed by atoms with Gasteiger partial charge in [-0.05, 0) is 32.0 Å². The molecule has 0 atom stereocenters. The Morgan fingerprint density at radius 3 is 2.93 bits per heavy atom. The number of aromatic nitrogens is 2. The minimum Gasteiger partial charge on any atom is -0.468 e. The number of aryl methyl sites for hydroxylation is 1. The molecule has 80 valence electrons. The number of hydrogen-bond acceptors (Lipinski definition) is 3. The van der Waals surface area contributed by atoms with Crippen LogP contribution in [0.4, 0.5) is 0 Å². The number of nitrogens with one attached hydrogen (secondary N) is 1. The van der Waals surface area contributed by atoms with Gasteiger partial charge in [0.1, 0.15) is 0 Å². The maximum atomic E-state index is 9.18. The van der Waals surface area contributed by atoms with Crippen LogP contribution in [0.5, 0.6) is 0 Å². The van der Waals surface area contributed by atoms with Gasteiger partial charge in [-0.15, -0.1) is 0 Å². The van der Waals surface area contributed by atoms with Crippen molar-refractivity contribution in [3.63, 3.8) is 0 Å². The molecule has 2 aromatic heterocycles. The lowest BCUT2D eigenvalue weighted by atomic mass is 10.4. The molecule has 2 rings (SSSR count). The molecule has 2 aromatic rings. The van der Waals surface area contributed by atoms with Crippen LogP contribution in [0.1, 0.15) is 12.6 Å². The highest BCUT2D eigenvalue weighted by atomic mass is 16.5. The second-order valence-corrected chi connectivity index (χ2v) is 2.94. The first-order chi connectivity index (χ1) is 7.27. The van der Waals surface area contributed by atoms with Crippen molar-refractivity contribution in [1.82, 2.24) is 9.97 Å². The monoisotopic (exact) mass is 206 g/mol. The SMILES string of the molecule is CCOC=O.Cc1cc2ncccc2[nH]1. The standard InChI is InChI=1S/C8H8N2.C3H6O2/c1-6-5-8-7(10-6)3-2-4-9-8;1-2-5-3-4/h2-5,10H,1H3;3H,2H2,1H3. The Bertz CT molecular complexity index is 390. The van der Waals surface area contributed by atoms with E-state index in [0.29, 0.717) is 13.1 Å². The molecule has 0 saturated carbocycles. The first-order valence-electron chi connectivity index (χ1n) is 4.73. The number of aromatic amines is 1. The first-order valence-corrected chi connectivity index (χ1v) is 4.73. The fraction of sp³-hybridized carbons (Fsp3) is 0.273. The van der Waals surface area contributed by atoms with Gasteiger partial charge >= 0.3 is 0 Å². The largest absolute Gasteiger partial charge is 0.468 e. The van der Waals surface area contributed by atoms with Gasteiger partial charge in [-0.2, -0.15) is 0 Å². The van der Waals surface area contributed by atoms with Crippen molar-refractivity contribution < 1.29 is 9.53 Å². The average molecular weight is 206 g/mol.